The molecule has 0 bridgehead atoms. The highest BCUT2D eigenvalue weighted by Crippen LogP contribution is 2.78. The van der Waals surface area contributed by atoms with Crippen LogP contribution in [-0.2, 0) is 14.3 Å². The van der Waals surface area contributed by atoms with E-state index in [1.54, 1.807) is 23.3 Å². The molecule has 7 heteroatoms. The van der Waals surface area contributed by atoms with Gasteiger partial charge in [-0.1, -0.05) is 54.0 Å². The first kappa shape index (κ1) is 27.3. The van der Waals surface area contributed by atoms with Gasteiger partial charge in [-0.2, -0.15) is 0 Å². The number of carbonyl (C=O) groups is 3. The van der Waals surface area contributed by atoms with Crippen LogP contribution in [0.25, 0.3) is 4.85 Å². The predicted molar refractivity (Wildman–Crippen MR) is 152 cm³/mol. The summed E-state index contributed by atoms with van der Waals surface area (Å²) in [5, 5.41) is 0. The average Bonchev–Trinajstić information content (AvgIpc) is 3.43. The fourth-order valence-electron chi connectivity index (χ4n) is 11.4. The molecule has 1 saturated heterocycles. The van der Waals surface area contributed by atoms with E-state index in [0.29, 0.717) is 0 Å². The number of carbonyl (C=O) groups excluding carboxylic acids is 3. The molecule has 9 atom stereocenters. The maximum Gasteiger partial charge on any atom is 0.424 e. The van der Waals surface area contributed by atoms with Crippen molar-refractivity contribution in [3.8, 4) is 0 Å². The molecule has 5 aliphatic carbocycles. The van der Waals surface area contributed by atoms with E-state index < -0.39 is 28.1 Å². The summed E-state index contributed by atoms with van der Waals surface area (Å²) < 4.78 is 7.77. The molecule has 0 aromatic carbocycles. The standard InChI is InChI=1S/C34H43N3O4/c1-28(2)11-13-33(27(40)37-16-15-36-19-37)14-12-31(6)24(20(33)18-28)21(38)17-23-30(31,5)10-9-22-29(3,4)25(39)34(35-8)26(41-34)32(22,23)7/h15-17,19-20,22,24,26H,9-14,18H2,1-7H3/t20-,22-,24-,26+,30+,31+,32-,33-,34-/m0/s1. The highest BCUT2D eigenvalue weighted by atomic mass is 16.6. The molecule has 218 valence electrons. The van der Waals surface area contributed by atoms with Crippen molar-refractivity contribution in [3.05, 3.63) is 41.8 Å². The summed E-state index contributed by atoms with van der Waals surface area (Å²) in [6.07, 6.45) is 12.3. The highest BCUT2D eigenvalue weighted by Gasteiger charge is 2.87. The van der Waals surface area contributed by atoms with E-state index >= 15 is 0 Å². The lowest BCUT2D eigenvalue weighted by molar-refractivity contribution is -0.168. The summed E-state index contributed by atoms with van der Waals surface area (Å²) in [6.45, 7) is 23.3. The van der Waals surface area contributed by atoms with E-state index in [1.165, 1.54) is 0 Å². The van der Waals surface area contributed by atoms with Crippen molar-refractivity contribution in [2.45, 2.75) is 105 Å². The van der Waals surface area contributed by atoms with E-state index in [4.69, 9.17) is 11.3 Å². The van der Waals surface area contributed by atoms with E-state index in [1.807, 2.05) is 19.9 Å². The monoisotopic (exact) mass is 557 g/mol. The summed E-state index contributed by atoms with van der Waals surface area (Å²) in [5.74, 6) is -0.223. The summed E-state index contributed by atoms with van der Waals surface area (Å²) in [6, 6.07) is 0. The highest BCUT2D eigenvalue weighted by molar-refractivity contribution is 6.00. The predicted octanol–water partition coefficient (Wildman–Crippen LogP) is 6.31. The fourth-order valence-corrected chi connectivity index (χ4v) is 11.4. The Kier molecular flexibility index (Phi) is 5.10. The molecule has 1 aromatic heterocycles. The first-order valence-corrected chi connectivity index (χ1v) is 15.5. The van der Waals surface area contributed by atoms with E-state index in [-0.39, 0.29) is 51.5 Å². The Balaban J connectivity index is 1.39. The van der Waals surface area contributed by atoms with E-state index in [0.717, 1.165) is 50.5 Å². The minimum absolute atomic E-state index is 0.00346. The van der Waals surface area contributed by atoms with Gasteiger partial charge in [0.05, 0.1) is 5.41 Å². The van der Waals surface area contributed by atoms with Crippen molar-refractivity contribution < 1.29 is 19.1 Å². The SMILES string of the molecule is [C-]#[N+][C@@]12O[C@@H]1[C@]1(C)C3=CC(=O)[C@@H]4[C@@H]5CC(C)(C)CC[C@]5(C(=O)n5ccnc5)CC[C@@]4(C)[C@]3(C)CC[C@H]1C(C)(C)C2=O. The Labute approximate surface area is 243 Å². The molecule has 0 radical (unpaired) electrons. The molecule has 1 aromatic rings. The molecule has 7 rings (SSSR count). The summed E-state index contributed by atoms with van der Waals surface area (Å²) in [7, 11) is 0. The van der Waals surface area contributed by atoms with Crippen molar-refractivity contribution >= 4 is 17.5 Å². The molecule has 0 unspecified atom stereocenters. The molecular weight excluding hydrogens is 514 g/mol. The molecule has 2 heterocycles. The number of aromatic nitrogens is 2. The van der Waals surface area contributed by atoms with Crippen LogP contribution >= 0.6 is 0 Å². The first-order valence-electron chi connectivity index (χ1n) is 15.5. The van der Waals surface area contributed by atoms with Gasteiger partial charge in [-0.3, -0.25) is 28.5 Å². The number of nitrogens with zero attached hydrogens (tertiary/aromatic N) is 3. The van der Waals surface area contributed by atoms with Crippen LogP contribution in [0.1, 0.15) is 98.2 Å². The van der Waals surface area contributed by atoms with Gasteiger partial charge in [0.25, 0.3) is 5.78 Å². The lowest BCUT2D eigenvalue weighted by Gasteiger charge is -2.68. The lowest BCUT2D eigenvalue weighted by Crippen LogP contribution is -2.68. The second-order valence-electron chi connectivity index (χ2n) is 16.3. The topological polar surface area (TPSA) is 85.9 Å². The van der Waals surface area contributed by atoms with Crippen LogP contribution in [0.5, 0.6) is 0 Å². The Morgan fingerprint density at radius 3 is 2.41 bits per heavy atom. The first-order chi connectivity index (χ1) is 19.1. The molecule has 1 aliphatic heterocycles. The van der Waals surface area contributed by atoms with Gasteiger partial charge in [0.15, 0.2) is 11.9 Å². The zero-order valence-corrected chi connectivity index (χ0v) is 25.5. The van der Waals surface area contributed by atoms with E-state index in [9.17, 15) is 14.4 Å². The molecule has 0 N–H and O–H groups in total. The zero-order chi connectivity index (χ0) is 29.6. The average molecular weight is 558 g/mol. The van der Waals surface area contributed by atoms with Crippen LogP contribution in [0, 0.1) is 56.8 Å². The number of allylic oxidation sites excluding steroid dienone is 1. The van der Waals surface area contributed by atoms with Crippen LogP contribution < -0.4 is 0 Å². The number of imidazole rings is 1. The van der Waals surface area contributed by atoms with Crippen LogP contribution in [-0.4, -0.2) is 38.9 Å². The number of rotatable bonds is 1. The van der Waals surface area contributed by atoms with E-state index in [2.05, 4.69) is 44.4 Å². The number of fused-ring (bicyclic) bond motifs is 9. The van der Waals surface area contributed by atoms with Gasteiger partial charge >= 0.3 is 5.72 Å². The maximum atomic E-state index is 14.7. The molecule has 41 heavy (non-hydrogen) atoms. The van der Waals surface area contributed by atoms with Crippen LogP contribution in [0.15, 0.2) is 30.4 Å². The van der Waals surface area contributed by atoms with Crippen molar-refractivity contribution in [1.29, 1.82) is 0 Å². The minimum atomic E-state index is -1.43. The molecule has 5 fully saturated rings. The van der Waals surface area contributed by atoms with Crippen molar-refractivity contribution in [1.82, 2.24) is 9.55 Å². The second-order valence-corrected chi connectivity index (χ2v) is 16.3. The second kappa shape index (κ2) is 7.67. The number of hydrogen-bond acceptors (Lipinski definition) is 5. The summed E-state index contributed by atoms with van der Waals surface area (Å²) >= 11 is 0. The summed E-state index contributed by atoms with van der Waals surface area (Å²) in [5.41, 5.74) is -2.84. The third-order valence-corrected chi connectivity index (χ3v) is 13.8. The van der Waals surface area contributed by atoms with Crippen molar-refractivity contribution in [2.24, 2.45) is 50.2 Å². The molecule has 7 nitrogen and oxygen atoms in total. The van der Waals surface area contributed by atoms with Crippen LogP contribution in [0.3, 0.4) is 0 Å². The zero-order valence-electron chi connectivity index (χ0n) is 25.5. The molecule has 0 amide bonds. The van der Waals surface area contributed by atoms with Gasteiger partial charge < -0.3 is 0 Å². The Morgan fingerprint density at radius 1 is 1.05 bits per heavy atom. The number of Topliss-reactive ketones (excluding diaryl/α,β-unsaturated/α-hetero) is 1. The normalized spacial score (nSPS) is 48.8. The van der Waals surface area contributed by atoms with Gasteiger partial charge in [0.2, 0.25) is 5.91 Å². The fraction of sp³-hybridized carbons (Fsp3) is 0.735. The number of ether oxygens (including phenoxy) is 1. The van der Waals surface area contributed by atoms with Gasteiger partial charge in [-0.05, 0) is 79.1 Å². The lowest BCUT2D eigenvalue weighted by atomic mass is 9.33. The quantitative estimate of drug-likeness (QED) is 0.298. The molecule has 0 spiro atoms. The number of epoxide rings is 1. The third kappa shape index (κ3) is 2.94. The Bertz CT molecular complexity index is 1470. The Hall–Kier alpha value is -2.59. The number of hydrogen-bond donors (Lipinski definition) is 0. The number of ketones is 2. The van der Waals surface area contributed by atoms with Gasteiger partial charge in [-0.25, -0.2) is 11.6 Å². The minimum Gasteiger partial charge on any atom is -0.295 e. The maximum absolute atomic E-state index is 14.7. The van der Waals surface area contributed by atoms with Gasteiger partial charge in [0, 0.05) is 29.1 Å². The molecular formula is C34H43N3O4. The Morgan fingerprint density at radius 2 is 1.76 bits per heavy atom. The molecule has 4 saturated carbocycles. The van der Waals surface area contributed by atoms with Crippen molar-refractivity contribution in [3.63, 3.8) is 0 Å². The third-order valence-electron chi connectivity index (χ3n) is 13.8. The van der Waals surface area contributed by atoms with Crippen LogP contribution in [0.2, 0.25) is 0 Å². The smallest absolute Gasteiger partial charge is 0.295 e. The van der Waals surface area contributed by atoms with Gasteiger partial charge in [-0.15, -0.1) is 0 Å². The van der Waals surface area contributed by atoms with Gasteiger partial charge in [0.1, 0.15) is 6.33 Å². The largest absolute Gasteiger partial charge is 0.424 e. The molecule has 6 aliphatic rings. The van der Waals surface area contributed by atoms with Crippen LogP contribution in [0.4, 0.5) is 0 Å². The summed E-state index contributed by atoms with van der Waals surface area (Å²) in [4.78, 5) is 50.5. The van der Waals surface area contributed by atoms with Crippen molar-refractivity contribution in [2.75, 3.05) is 0 Å².